The lowest BCUT2D eigenvalue weighted by Gasteiger charge is -2.30. The number of aryl methyl sites for hydroxylation is 1. The van der Waals surface area contributed by atoms with Gasteiger partial charge in [0.15, 0.2) is 0 Å². The highest BCUT2D eigenvalue weighted by molar-refractivity contribution is 6.01. The number of nitrogens with zero attached hydrogens (tertiary/aromatic N) is 1. The molecule has 0 saturated carbocycles. The van der Waals surface area contributed by atoms with Crippen LogP contribution in [-0.4, -0.2) is 28.1 Å². The Balaban J connectivity index is 2.46. The fourth-order valence-corrected chi connectivity index (χ4v) is 2.69. The summed E-state index contributed by atoms with van der Waals surface area (Å²) in [5.74, 6) is -1.41. The number of carbonyl (C=O) groups excluding carboxylic acids is 1. The highest BCUT2D eigenvalue weighted by Crippen LogP contribution is 2.28. The summed E-state index contributed by atoms with van der Waals surface area (Å²) < 4.78 is 0. The predicted molar refractivity (Wildman–Crippen MR) is 91.8 cm³/mol. The Labute approximate surface area is 141 Å². The summed E-state index contributed by atoms with van der Waals surface area (Å²) in [7, 11) is 0. The second-order valence-corrected chi connectivity index (χ2v) is 5.68. The Bertz CT molecular complexity index is 727. The van der Waals surface area contributed by atoms with Crippen molar-refractivity contribution in [3.8, 4) is 0 Å². The fourth-order valence-electron chi connectivity index (χ4n) is 2.69. The van der Waals surface area contributed by atoms with Gasteiger partial charge in [0.2, 0.25) is 5.91 Å². The maximum atomic E-state index is 12.9. The number of amides is 1. The number of benzene rings is 2. The first-order valence-corrected chi connectivity index (χ1v) is 7.73. The van der Waals surface area contributed by atoms with E-state index in [4.69, 9.17) is 0 Å². The number of rotatable bonds is 6. The summed E-state index contributed by atoms with van der Waals surface area (Å²) in [6.07, 6.45) is 0.0949. The Morgan fingerprint density at radius 1 is 1.08 bits per heavy atom. The van der Waals surface area contributed by atoms with E-state index >= 15 is 0 Å². The van der Waals surface area contributed by atoms with E-state index in [1.54, 1.807) is 25.1 Å². The number of hydrogen-bond acceptors (Lipinski definition) is 3. The minimum atomic E-state index is -1.09. The summed E-state index contributed by atoms with van der Waals surface area (Å²) in [6.45, 7) is 3.00. The Hall–Kier alpha value is -2.66. The molecule has 5 nitrogen and oxygen atoms in total. The molecule has 5 heteroatoms. The van der Waals surface area contributed by atoms with Gasteiger partial charge in [-0.15, -0.1) is 0 Å². The van der Waals surface area contributed by atoms with Crippen molar-refractivity contribution in [1.29, 1.82) is 0 Å². The number of carboxylic acids is 1. The second-order valence-electron chi connectivity index (χ2n) is 5.68. The molecule has 0 radical (unpaired) electrons. The van der Waals surface area contributed by atoms with Gasteiger partial charge in [-0.2, -0.15) is 0 Å². The molecular weight excluding hydrogens is 306 g/mol. The van der Waals surface area contributed by atoms with Crippen molar-refractivity contribution in [2.45, 2.75) is 32.9 Å². The largest absolute Gasteiger partial charge is 0.480 e. The standard InChI is InChI=1S/C19H21NO4/c1-13-7-6-10-16(12-21)18(13)20(14(2)19(23)24)17(22)11-15-8-4-3-5-9-15/h3-10,14,21H,11-12H2,1-2H3,(H,23,24). The SMILES string of the molecule is Cc1cccc(CO)c1N(C(=O)Cc1ccccc1)C(C)C(=O)O. The summed E-state index contributed by atoms with van der Waals surface area (Å²) in [5, 5.41) is 19.0. The number of aliphatic hydroxyl groups excluding tert-OH is 1. The van der Waals surface area contributed by atoms with Crippen molar-refractivity contribution in [1.82, 2.24) is 0 Å². The van der Waals surface area contributed by atoms with E-state index in [1.165, 1.54) is 11.8 Å². The van der Waals surface area contributed by atoms with Gasteiger partial charge in [-0.05, 0) is 25.0 Å². The van der Waals surface area contributed by atoms with Crippen molar-refractivity contribution >= 4 is 17.6 Å². The van der Waals surface area contributed by atoms with Crippen LogP contribution in [0.3, 0.4) is 0 Å². The van der Waals surface area contributed by atoms with Gasteiger partial charge in [-0.25, -0.2) is 4.79 Å². The molecule has 0 aliphatic rings. The smallest absolute Gasteiger partial charge is 0.326 e. The number of para-hydroxylation sites is 1. The number of aliphatic carboxylic acids is 1. The van der Waals surface area contributed by atoms with E-state index in [1.807, 2.05) is 30.3 Å². The summed E-state index contributed by atoms with van der Waals surface area (Å²) in [4.78, 5) is 25.7. The first-order valence-electron chi connectivity index (χ1n) is 7.73. The lowest BCUT2D eigenvalue weighted by Crippen LogP contribution is -2.45. The van der Waals surface area contributed by atoms with Gasteiger partial charge in [0.05, 0.1) is 18.7 Å². The van der Waals surface area contributed by atoms with Gasteiger partial charge < -0.3 is 10.2 Å². The van der Waals surface area contributed by atoms with Gasteiger partial charge in [-0.3, -0.25) is 9.69 Å². The first-order chi connectivity index (χ1) is 11.5. The average molecular weight is 327 g/mol. The predicted octanol–water partition coefficient (Wildman–Crippen LogP) is 2.54. The van der Waals surface area contributed by atoms with E-state index in [0.717, 1.165) is 11.1 Å². The van der Waals surface area contributed by atoms with Crippen molar-refractivity contribution in [2.24, 2.45) is 0 Å². The van der Waals surface area contributed by atoms with E-state index in [-0.39, 0.29) is 18.9 Å². The number of aliphatic hydroxyl groups is 1. The van der Waals surface area contributed by atoms with Gasteiger partial charge >= 0.3 is 5.97 Å². The molecule has 1 unspecified atom stereocenters. The number of carbonyl (C=O) groups is 2. The number of anilines is 1. The van der Waals surface area contributed by atoms with Crippen LogP contribution in [0.1, 0.15) is 23.6 Å². The molecule has 1 atom stereocenters. The van der Waals surface area contributed by atoms with Crippen LogP contribution in [0, 0.1) is 6.92 Å². The molecule has 0 spiro atoms. The Morgan fingerprint density at radius 3 is 2.33 bits per heavy atom. The highest BCUT2D eigenvalue weighted by atomic mass is 16.4. The van der Waals surface area contributed by atoms with Crippen LogP contribution in [0.4, 0.5) is 5.69 Å². The van der Waals surface area contributed by atoms with E-state index in [9.17, 15) is 19.8 Å². The number of hydrogen-bond donors (Lipinski definition) is 2. The molecule has 2 aromatic rings. The van der Waals surface area contributed by atoms with Crippen LogP contribution in [-0.2, 0) is 22.6 Å². The third-order valence-electron chi connectivity index (χ3n) is 3.94. The molecule has 2 aromatic carbocycles. The molecule has 0 aromatic heterocycles. The minimum Gasteiger partial charge on any atom is -0.480 e. The molecule has 1 amide bonds. The molecule has 0 heterocycles. The molecule has 24 heavy (non-hydrogen) atoms. The Morgan fingerprint density at radius 2 is 1.75 bits per heavy atom. The molecule has 0 fully saturated rings. The molecule has 0 bridgehead atoms. The second kappa shape index (κ2) is 7.75. The zero-order valence-corrected chi connectivity index (χ0v) is 13.8. The first kappa shape index (κ1) is 17.7. The average Bonchev–Trinajstić information content (AvgIpc) is 2.57. The van der Waals surface area contributed by atoms with E-state index < -0.39 is 12.0 Å². The third kappa shape index (κ3) is 3.81. The van der Waals surface area contributed by atoms with E-state index in [2.05, 4.69) is 0 Å². The highest BCUT2D eigenvalue weighted by Gasteiger charge is 2.29. The Kier molecular flexibility index (Phi) is 5.71. The molecule has 2 rings (SSSR count). The number of carboxylic acid groups (broad SMARTS) is 1. The lowest BCUT2D eigenvalue weighted by atomic mass is 10.0. The maximum absolute atomic E-state index is 12.9. The summed E-state index contributed by atoms with van der Waals surface area (Å²) in [5.41, 5.74) is 2.56. The zero-order chi connectivity index (χ0) is 17.7. The quantitative estimate of drug-likeness (QED) is 0.855. The minimum absolute atomic E-state index is 0.0949. The molecule has 126 valence electrons. The van der Waals surface area contributed by atoms with Crippen molar-refractivity contribution < 1.29 is 19.8 Å². The maximum Gasteiger partial charge on any atom is 0.326 e. The van der Waals surface area contributed by atoms with Gasteiger partial charge in [-0.1, -0.05) is 48.5 Å². The van der Waals surface area contributed by atoms with E-state index in [0.29, 0.717) is 11.3 Å². The molecule has 0 aliphatic heterocycles. The lowest BCUT2D eigenvalue weighted by molar-refractivity contribution is -0.139. The third-order valence-corrected chi connectivity index (χ3v) is 3.94. The fraction of sp³-hybridized carbons (Fsp3) is 0.263. The molecular formula is C19H21NO4. The van der Waals surface area contributed by atoms with Crippen molar-refractivity contribution in [3.05, 3.63) is 65.2 Å². The van der Waals surface area contributed by atoms with Crippen LogP contribution in [0.25, 0.3) is 0 Å². The topological polar surface area (TPSA) is 77.8 Å². The van der Waals surface area contributed by atoms with Crippen LogP contribution < -0.4 is 4.90 Å². The van der Waals surface area contributed by atoms with Gasteiger partial charge in [0.25, 0.3) is 0 Å². The van der Waals surface area contributed by atoms with Gasteiger partial charge in [0.1, 0.15) is 6.04 Å². The van der Waals surface area contributed by atoms with Crippen LogP contribution in [0.2, 0.25) is 0 Å². The molecule has 0 saturated heterocycles. The van der Waals surface area contributed by atoms with Gasteiger partial charge in [0, 0.05) is 5.56 Å². The molecule has 2 N–H and O–H groups in total. The van der Waals surface area contributed by atoms with Crippen LogP contribution in [0.5, 0.6) is 0 Å². The zero-order valence-electron chi connectivity index (χ0n) is 13.8. The van der Waals surface area contributed by atoms with Crippen LogP contribution in [0.15, 0.2) is 48.5 Å². The van der Waals surface area contributed by atoms with Crippen molar-refractivity contribution in [2.75, 3.05) is 4.90 Å². The normalized spacial score (nSPS) is 11.8. The monoisotopic (exact) mass is 327 g/mol. The van der Waals surface area contributed by atoms with Crippen LogP contribution >= 0.6 is 0 Å². The summed E-state index contributed by atoms with van der Waals surface area (Å²) >= 11 is 0. The van der Waals surface area contributed by atoms with Crippen molar-refractivity contribution in [3.63, 3.8) is 0 Å². The molecule has 0 aliphatic carbocycles. The summed E-state index contributed by atoms with van der Waals surface area (Å²) in [6, 6.07) is 13.4.